The second-order valence-corrected chi connectivity index (χ2v) is 7.72. The Bertz CT molecular complexity index is 983. The Kier molecular flexibility index (Phi) is 6.21. The molecule has 1 heterocycles. The molecule has 3 rings (SSSR count). The minimum atomic E-state index is -0.743. The molecule has 0 spiro atoms. The van der Waals surface area contributed by atoms with Gasteiger partial charge in [0.1, 0.15) is 6.04 Å². The molecule has 0 unspecified atom stereocenters. The fourth-order valence-electron chi connectivity index (χ4n) is 2.83. The van der Waals surface area contributed by atoms with Crippen molar-refractivity contribution in [2.45, 2.75) is 26.3 Å². The second kappa shape index (κ2) is 8.63. The van der Waals surface area contributed by atoms with Crippen molar-refractivity contribution < 1.29 is 9.59 Å². The van der Waals surface area contributed by atoms with Gasteiger partial charge in [-0.1, -0.05) is 49.2 Å². The Balaban J connectivity index is 1.76. The van der Waals surface area contributed by atoms with Crippen LogP contribution in [0.3, 0.4) is 0 Å². The number of amides is 2. The summed E-state index contributed by atoms with van der Waals surface area (Å²) in [5.74, 6) is -0.274. The highest BCUT2D eigenvalue weighted by molar-refractivity contribution is 6.36. The number of nitrogens with one attached hydrogen (secondary N) is 3. The smallest absolute Gasteiger partial charge is 0.253 e. The number of carbonyl (C=O) groups is 2. The number of rotatable bonds is 6. The van der Waals surface area contributed by atoms with Crippen LogP contribution in [0, 0.1) is 5.92 Å². The van der Waals surface area contributed by atoms with Gasteiger partial charge in [-0.15, -0.1) is 0 Å². The predicted molar refractivity (Wildman–Crippen MR) is 112 cm³/mol. The minimum Gasteiger partial charge on any atom is -0.340 e. The van der Waals surface area contributed by atoms with Crippen molar-refractivity contribution in [3.63, 3.8) is 0 Å². The molecule has 0 aliphatic rings. The normalized spacial score (nSPS) is 12.2. The highest BCUT2D eigenvalue weighted by Crippen LogP contribution is 2.21. The zero-order valence-corrected chi connectivity index (χ0v) is 16.9. The lowest BCUT2D eigenvalue weighted by Crippen LogP contribution is -2.44. The lowest BCUT2D eigenvalue weighted by Gasteiger charge is -2.20. The van der Waals surface area contributed by atoms with Crippen molar-refractivity contribution in [3.05, 3.63) is 58.1 Å². The number of halogens is 2. The monoisotopic (exact) mass is 418 g/mol. The number of aromatic nitrogens is 2. The number of hydrogen-bond acceptors (Lipinski definition) is 3. The van der Waals surface area contributed by atoms with Crippen LogP contribution in [0.25, 0.3) is 11.0 Å². The lowest BCUT2D eigenvalue weighted by atomic mass is 10.0. The second-order valence-electron chi connectivity index (χ2n) is 6.87. The van der Waals surface area contributed by atoms with Gasteiger partial charge in [-0.05, 0) is 42.7 Å². The molecular formula is C20H20Cl2N4O2. The summed E-state index contributed by atoms with van der Waals surface area (Å²) in [6.45, 7) is 3.95. The number of hydrogen-bond donors (Lipinski definition) is 3. The maximum atomic E-state index is 12.8. The molecule has 3 N–H and O–H groups in total. The van der Waals surface area contributed by atoms with Crippen LogP contribution in [-0.4, -0.2) is 27.8 Å². The van der Waals surface area contributed by atoms with Crippen LogP contribution in [0.1, 0.15) is 30.6 Å². The van der Waals surface area contributed by atoms with Gasteiger partial charge in [-0.2, -0.15) is 0 Å². The molecule has 0 aliphatic carbocycles. The van der Waals surface area contributed by atoms with Gasteiger partial charge in [0, 0.05) is 5.02 Å². The van der Waals surface area contributed by atoms with Crippen molar-refractivity contribution in [2.24, 2.45) is 5.92 Å². The summed E-state index contributed by atoms with van der Waals surface area (Å²) in [4.78, 5) is 32.8. The Hall–Kier alpha value is -2.57. The Morgan fingerprint density at radius 3 is 2.57 bits per heavy atom. The van der Waals surface area contributed by atoms with Crippen LogP contribution in [0.15, 0.2) is 42.5 Å². The van der Waals surface area contributed by atoms with E-state index in [1.165, 1.54) is 12.1 Å². The summed E-state index contributed by atoms with van der Waals surface area (Å²) in [5, 5.41) is 6.16. The molecule has 0 fully saturated rings. The average Bonchev–Trinajstić information content (AvgIpc) is 3.02. The number of fused-ring (bicyclic) bond motifs is 1. The first kappa shape index (κ1) is 20.2. The van der Waals surface area contributed by atoms with E-state index < -0.39 is 11.9 Å². The molecule has 1 atom stereocenters. The third-order valence-corrected chi connectivity index (χ3v) is 4.68. The van der Waals surface area contributed by atoms with E-state index in [0.29, 0.717) is 17.4 Å². The highest BCUT2D eigenvalue weighted by Gasteiger charge is 2.24. The van der Waals surface area contributed by atoms with E-state index in [9.17, 15) is 9.59 Å². The van der Waals surface area contributed by atoms with Crippen molar-refractivity contribution in [2.75, 3.05) is 5.32 Å². The van der Waals surface area contributed by atoms with Gasteiger partial charge in [0.25, 0.3) is 5.91 Å². The summed E-state index contributed by atoms with van der Waals surface area (Å²) in [7, 11) is 0. The van der Waals surface area contributed by atoms with Gasteiger partial charge < -0.3 is 10.3 Å². The first-order chi connectivity index (χ1) is 13.3. The van der Waals surface area contributed by atoms with Gasteiger partial charge in [0.15, 0.2) is 0 Å². The molecule has 0 radical (unpaired) electrons. The standard InChI is InChI=1S/C20H20Cl2N4O2/c1-11(2)9-17(23-18(27)13-8-7-12(21)10-14(13)22)19(28)26-20-24-15-5-3-4-6-16(15)25-20/h3-8,10-11,17H,9H2,1-2H3,(H,23,27)(H2,24,25,26,28)/t17-/m1/s1. The van der Waals surface area contributed by atoms with E-state index in [2.05, 4.69) is 20.6 Å². The predicted octanol–water partition coefficient (Wildman–Crippen LogP) is 4.65. The lowest BCUT2D eigenvalue weighted by molar-refractivity contribution is -0.118. The third-order valence-electron chi connectivity index (χ3n) is 4.14. The fourth-order valence-corrected chi connectivity index (χ4v) is 3.32. The molecule has 6 nitrogen and oxygen atoms in total. The number of nitrogens with zero attached hydrogens (tertiary/aromatic N) is 1. The van der Waals surface area contributed by atoms with E-state index in [1.54, 1.807) is 6.07 Å². The topological polar surface area (TPSA) is 86.9 Å². The first-order valence-electron chi connectivity index (χ1n) is 8.85. The largest absolute Gasteiger partial charge is 0.340 e. The number of carbonyl (C=O) groups excluding carboxylic acids is 2. The van der Waals surface area contributed by atoms with Crippen LogP contribution < -0.4 is 10.6 Å². The van der Waals surface area contributed by atoms with Gasteiger partial charge in [-0.3, -0.25) is 14.9 Å². The molecule has 0 saturated heterocycles. The highest BCUT2D eigenvalue weighted by atomic mass is 35.5. The van der Waals surface area contributed by atoms with Crippen molar-refractivity contribution in [1.29, 1.82) is 0 Å². The van der Waals surface area contributed by atoms with Crippen molar-refractivity contribution in [3.8, 4) is 0 Å². The van der Waals surface area contributed by atoms with Crippen molar-refractivity contribution >= 4 is 52.0 Å². The molecule has 8 heteroatoms. The molecule has 0 bridgehead atoms. The van der Waals surface area contributed by atoms with Gasteiger partial charge >= 0.3 is 0 Å². The minimum absolute atomic E-state index is 0.187. The number of imidazole rings is 1. The van der Waals surface area contributed by atoms with Crippen LogP contribution in [0.2, 0.25) is 10.0 Å². The maximum absolute atomic E-state index is 12.8. The Morgan fingerprint density at radius 1 is 1.14 bits per heavy atom. The SMILES string of the molecule is CC(C)C[C@@H](NC(=O)c1ccc(Cl)cc1Cl)C(=O)Nc1nc2ccccc2[nH]1. The summed E-state index contributed by atoms with van der Waals surface area (Å²) < 4.78 is 0. The fraction of sp³-hybridized carbons (Fsp3) is 0.250. The number of H-pyrrole nitrogens is 1. The zero-order chi connectivity index (χ0) is 20.3. The van der Waals surface area contributed by atoms with E-state index in [4.69, 9.17) is 23.2 Å². The molecule has 2 amide bonds. The van der Waals surface area contributed by atoms with E-state index in [1.807, 2.05) is 38.1 Å². The van der Waals surface area contributed by atoms with Gasteiger partial charge in [0.05, 0.1) is 21.6 Å². The molecule has 28 heavy (non-hydrogen) atoms. The van der Waals surface area contributed by atoms with Gasteiger partial charge in [0.2, 0.25) is 11.9 Å². The zero-order valence-electron chi connectivity index (χ0n) is 15.4. The Morgan fingerprint density at radius 2 is 1.89 bits per heavy atom. The molecule has 1 aromatic heterocycles. The molecule has 146 valence electrons. The summed E-state index contributed by atoms with van der Waals surface area (Å²) in [6, 6.07) is 11.3. The van der Waals surface area contributed by atoms with Gasteiger partial charge in [-0.25, -0.2) is 4.98 Å². The molecular weight excluding hydrogens is 399 g/mol. The number of para-hydroxylation sites is 2. The number of aromatic amines is 1. The quantitative estimate of drug-likeness (QED) is 0.544. The van der Waals surface area contributed by atoms with Crippen LogP contribution in [0.5, 0.6) is 0 Å². The number of anilines is 1. The van der Waals surface area contributed by atoms with E-state index in [-0.39, 0.29) is 22.4 Å². The molecule has 3 aromatic rings. The van der Waals surface area contributed by atoms with E-state index in [0.717, 1.165) is 11.0 Å². The molecule has 0 aliphatic heterocycles. The maximum Gasteiger partial charge on any atom is 0.253 e. The van der Waals surface area contributed by atoms with Crippen LogP contribution >= 0.6 is 23.2 Å². The summed E-state index contributed by atoms with van der Waals surface area (Å²) >= 11 is 12.0. The first-order valence-corrected chi connectivity index (χ1v) is 9.60. The van der Waals surface area contributed by atoms with Crippen LogP contribution in [-0.2, 0) is 4.79 Å². The Labute approximate surface area is 172 Å². The van der Waals surface area contributed by atoms with Crippen LogP contribution in [0.4, 0.5) is 5.95 Å². The average molecular weight is 419 g/mol. The van der Waals surface area contributed by atoms with Crippen molar-refractivity contribution in [1.82, 2.24) is 15.3 Å². The third kappa shape index (κ3) is 4.82. The summed E-state index contributed by atoms with van der Waals surface area (Å²) in [6.07, 6.45) is 0.461. The number of benzene rings is 2. The van der Waals surface area contributed by atoms with E-state index >= 15 is 0 Å². The summed E-state index contributed by atoms with van der Waals surface area (Å²) in [5.41, 5.74) is 1.82. The molecule has 0 saturated carbocycles. The molecule has 2 aromatic carbocycles.